The van der Waals surface area contributed by atoms with Crippen LogP contribution in [0.4, 0.5) is 0 Å². The Bertz CT molecular complexity index is 1500. The molecule has 0 radical (unpaired) electrons. The van der Waals surface area contributed by atoms with Gasteiger partial charge in [-0.15, -0.1) is 0 Å². The van der Waals surface area contributed by atoms with E-state index in [2.05, 4.69) is 18.7 Å². The van der Waals surface area contributed by atoms with E-state index < -0.39 is 17.7 Å². The number of amides is 1. The first-order valence-corrected chi connectivity index (χ1v) is 15.1. The third-order valence-electron chi connectivity index (χ3n) is 8.08. The van der Waals surface area contributed by atoms with Crippen LogP contribution in [0.25, 0.3) is 5.76 Å². The Hall–Kier alpha value is -4.30. The number of ketones is 1. The third-order valence-corrected chi connectivity index (χ3v) is 8.08. The van der Waals surface area contributed by atoms with Gasteiger partial charge in [-0.05, 0) is 74.0 Å². The highest BCUT2D eigenvalue weighted by atomic mass is 16.5. The van der Waals surface area contributed by atoms with Crippen LogP contribution < -0.4 is 14.2 Å². The Morgan fingerprint density at radius 2 is 1.74 bits per heavy atom. The number of carbonyl (C=O) groups is 2. The van der Waals surface area contributed by atoms with E-state index in [1.54, 1.807) is 11.0 Å². The van der Waals surface area contributed by atoms with Gasteiger partial charge in [-0.25, -0.2) is 0 Å². The summed E-state index contributed by atoms with van der Waals surface area (Å²) in [5.41, 5.74) is 3.19. The number of rotatable bonds is 12. The van der Waals surface area contributed by atoms with E-state index in [4.69, 9.17) is 14.2 Å². The van der Waals surface area contributed by atoms with Crippen LogP contribution in [0.2, 0.25) is 0 Å². The van der Waals surface area contributed by atoms with Gasteiger partial charge >= 0.3 is 0 Å². The SMILES string of the molecule is CCOc1cc([C@@H]2C(=C(O)c3ccc4c(c3)C[C@@H](C)O4)C(=O)C(=O)N2CCN(CC)CC)ccc1OCc1ccccc1. The van der Waals surface area contributed by atoms with E-state index in [0.717, 1.165) is 30.0 Å². The van der Waals surface area contributed by atoms with Gasteiger partial charge in [0.1, 0.15) is 24.2 Å². The van der Waals surface area contributed by atoms with Crippen molar-refractivity contribution in [1.82, 2.24) is 9.80 Å². The normalized spacial score (nSPS) is 19.0. The van der Waals surface area contributed by atoms with E-state index in [1.165, 1.54) is 0 Å². The van der Waals surface area contributed by atoms with Crippen molar-refractivity contribution in [3.63, 3.8) is 0 Å². The predicted octanol–water partition coefficient (Wildman–Crippen LogP) is 5.75. The van der Waals surface area contributed by atoms with E-state index >= 15 is 0 Å². The summed E-state index contributed by atoms with van der Waals surface area (Å²) in [7, 11) is 0. The second-order valence-electron chi connectivity index (χ2n) is 10.9. The number of aliphatic hydroxyl groups excluding tert-OH is 1. The first kappa shape index (κ1) is 30.2. The molecule has 8 heteroatoms. The van der Waals surface area contributed by atoms with Gasteiger partial charge in [-0.2, -0.15) is 0 Å². The van der Waals surface area contributed by atoms with E-state index in [9.17, 15) is 14.7 Å². The Morgan fingerprint density at radius 3 is 2.47 bits per heavy atom. The number of fused-ring (bicyclic) bond motifs is 1. The first-order chi connectivity index (χ1) is 20.8. The van der Waals surface area contributed by atoms with Crippen molar-refractivity contribution in [3.8, 4) is 17.2 Å². The number of hydrogen-bond acceptors (Lipinski definition) is 7. The molecule has 43 heavy (non-hydrogen) atoms. The molecule has 5 rings (SSSR count). The fourth-order valence-electron chi connectivity index (χ4n) is 5.79. The number of hydrogen-bond donors (Lipinski definition) is 1. The molecule has 0 saturated carbocycles. The summed E-state index contributed by atoms with van der Waals surface area (Å²) in [4.78, 5) is 30.9. The topological polar surface area (TPSA) is 88.5 Å². The molecule has 2 atom stereocenters. The number of ether oxygens (including phenoxy) is 3. The van der Waals surface area contributed by atoms with E-state index in [-0.39, 0.29) is 17.4 Å². The van der Waals surface area contributed by atoms with Crippen molar-refractivity contribution in [1.29, 1.82) is 0 Å². The highest BCUT2D eigenvalue weighted by Gasteiger charge is 2.46. The lowest BCUT2D eigenvalue weighted by molar-refractivity contribution is -0.140. The number of carbonyl (C=O) groups excluding carboxylic acids is 2. The molecule has 0 bridgehead atoms. The lowest BCUT2D eigenvalue weighted by Crippen LogP contribution is -2.38. The number of benzene rings is 3. The molecule has 0 unspecified atom stereocenters. The molecule has 0 aromatic heterocycles. The van der Waals surface area contributed by atoms with Gasteiger partial charge in [0.2, 0.25) is 0 Å². The van der Waals surface area contributed by atoms with Crippen LogP contribution in [0.15, 0.2) is 72.3 Å². The van der Waals surface area contributed by atoms with E-state index in [1.807, 2.05) is 74.5 Å². The lowest BCUT2D eigenvalue weighted by atomic mass is 9.94. The Balaban J connectivity index is 1.55. The first-order valence-electron chi connectivity index (χ1n) is 15.1. The fourth-order valence-corrected chi connectivity index (χ4v) is 5.79. The number of Topliss-reactive ketones (excluding diaryl/α,β-unsaturated/α-hetero) is 1. The lowest BCUT2D eigenvalue weighted by Gasteiger charge is -2.28. The van der Waals surface area contributed by atoms with Gasteiger partial charge in [0, 0.05) is 25.1 Å². The molecule has 2 aliphatic rings. The zero-order valence-corrected chi connectivity index (χ0v) is 25.3. The standard InChI is InChI=1S/C35H40N2O6/c1-5-36(6-2)17-18-37-32(25-13-16-29(30(21-25)41-7-3)42-22-24-11-9-8-10-12-24)31(34(39)35(37)40)33(38)26-14-15-28-27(20-26)19-23(4)43-28/h8-16,20-21,23,32,38H,5-7,17-19,22H2,1-4H3/t23-,32-/m1/s1. The molecule has 0 aliphatic carbocycles. The molecule has 3 aromatic rings. The summed E-state index contributed by atoms with van der Waals surface area (Å²) in [6.45, 7) is 11.4. The maximum absolute atomic E-state index is 13.6. The predicted molar refractivity (Wildman–Crippen MR) is 165 cm³/mol. The average molecular weight is 585 g/mol. The van der Waals surface area contributed by atoms with Gasteiger partial charge in [0.05, 0.1) is 18.2 Å². The second-order valence-corrected chi connectivity index (χ2v) is 10.9. The Kier molecular flexibility index (Phi) is 9.36. The number of likely N-dealkylation sites (N-methyl/N-ethyl adjacent to an activating group) is 1. The van der Waals surface area contributed by atoms with Crippen molar-refractivity contribution in [2.24, 2.45) is 0 Å². The minimum atomic E-state index is -0.790. The molecule has 8 nitrogen and oxygen atoms in total. The molecular weight excluding hydrogens is 544 g/mol. The molecule has 3 aromatic carbocycles. The third kappa shape index (κ3) is 6.39. The summed E-state index contributed by atoms with van der Waals surface area (Å²) < 4.78 is 17.9. The van der Waals surface area contributed by atoms with Crippen LogP contribution in [-0.4, -0.2) is 65.5 Å². The van der Waals surface area contributed by atoms with Crippen LogP contribution in [0.1, 0.15) is 56.0 Å². The van der Waals surface area contributed by atoms with Crippen molar-refractivity contribution >= 4 is 17.4 Å². The molecule has 0 spiro atoms. The minimum absolute atomic E-state index is 0.0395. The summed E-state index contributed by atoms with van der Waals surface area (Å²) in [6, 6.07) is 19.9. The van der Waals surface area contributed by atoms with E-state index in [0.29, 0.717) is 55.4 Å². The maximum Gasteiger partial charge on any atom is 0.295 e. The van der Waals surface area contributed by atoms with Crippen molar-refractivity contribution in [2.75, 3.05) is 32.8 Å². The van der Waals surface area contributed by atoms with Crippen LogP contribution in [0, 0.1) is 0 Å². The number of aliphatic hydroxyl groups is 1. The van der Waals surface area contributed by atoms with Crippen LogP contribution in [0.5, 0.6) is 17.2 Å². The van der Waals surface area contributed by atoms with Gasteiger partial charge < -0.3 is 29.1 Å². The molecule has 226 valence electrons. The largest absolute Gasteiger partial charge is 0.507 e. The summed E-state index contributed by atoms with van der Waals surface area (Å²) in [6.07, 6.45) is 0.748. The second kappa shape index (κ2) is 13.3. The zero-order chi connectivity index (χ0) is 30.5. The van der Waals surface area contributed by atoms with Crippen molar-refractivity contribution in [2.45, 2.75) is 52.9 Å². The van der Waals surface area contributed by atoms with Gasteiger partial charge in [-0.1, -0.05) is 50.2 Å². The van der Waals surface area contributed by atoms with Gasteiger partial charge in [0.15, 0.2) is 11.5 Å². The molecule has 1 saturated heterocycles. The van der Waals surface area contributed by atoms with Crippen molar-refractivity contribution < 1.29 is 28.9 Å². The molecule has 1 amide bonds. The minimum Gasteiger partial charge on any atom is -0.507 e. The van der Waals surface area contributed by atoms with Gasteiger partial charge in [0.25, 0.3) is 11.7 Å². The monoisotopic (exact) mass is 584 g/mol. The average Bonchev–Trinajstić information content (AvgIpc) is 3.52. The highest BCUT2D eigenvalue weighted by molar-refractivity contribution is 6.46. The fraction of sp³-hybridized carbons (Fsp3) is 0.371. The summed E-state index contributed by atoms with van der Waals surface area (Å²) in [5.74, 6) is 0.316. The van der Waals surface area contributed by atoms with Crippen LogP contribution in [0.3, 0.4) is 0 Å². The molecule has 1 N–H and O–H groups in total. The van der Waals surface area contributed by atoms with Crippen LogP contribution in [-0.2, 0) is 22.6 Å². The van der Waals surface area contributed by atoms with Crippen LogP contribution >= 0.6 is 0 Å². The molecule has 2 heterocycles. The molecule has 2 aliphatic heterocycles. The number of likely N-dealkylation sites (tertiary alicyclic amines) is 1. The molecular formula is C35H40N2O6. The zero-order valence-electron chi connectivity index (χ0n) is 25.3. The quantitative estimate of drug-likeness (QED) is 0.165. The Labute approximate surface area is 253 Å². The molecule has 1 fully saturated rings. The smallest absolute Gasteiger partial charge is 0.295 e. The van der Waals surface area contributed by atoms with Crippen molar-refractivity contribution in [3.05, 3.63) is 94.6 Å². The summed E-state index contributed by atoms with van der Waals surface area (Å²) in [5, 5.41) is 11.6. The maximum atomic E-state index is 13.6. The Morgan fingerprint density at radius 1 is 0.977 bits per heavy atom. The summed E-state index contributed by atoms with van der Waals surface area (Å²) >= 11 is 0. The highest BCUT2D eigenvalue weighted by Crippen LogP contribution is 2.43. The van der Waals surface area contributed by atoms with Gasteiger partial charge in [-0.3, -0.25) is 9.59 Å². The number of nitrogens with zero attached hydrogens (tertiary/aromatic N) is 2.